The molecule has 0 N–H and O–H groups in total. The highest BCUT2D eigenvalue weighted by atomic mass is 16.2. The molecule has 0 fully saturated rings. The molecular weight excluding hydrogens is 312 g/mol. The van der Waals surface area contributed by atoms with E-state index < -0.39 is 0 Å². The SMILES string of the molecule is CCN(CC)C(=O)CCn1c(-c2ccc(C)nc2)cc2cccnc21. The third-order valence-electron chi connectivity index (χ3n) is 4.53. The van der Waals surface area contributed by atoms with E-state index in [0.717, 1.165) is 41.1 Å². The van der Waals surface area contributed by atoms with Crippen LogP contribution in [0.25, 0.3) is 22.3 Å². The molecule has 5 nitrogen and oxygen atoms in total. The molecule has 0 atom stereocenters. The maximum absolute atomic E-state index is 12.4. The van der Waals surface area contributed by atoms with E-state index in [1.165, 1.54) is 0 Å². The van der Waals surface area contributed by atoms with Gasteiger partial charge in [0.15, 0.2) is 0 Å². The Morgan fingerprint density at radius 2 is 1.96 bits per heavy atom. The fraction of sp³-hybridized carbons (Fsp3) is 0.350. The van der Waals surface area contributed by atoms with Crippen LogP contribution in [0.3, 0.4) is 0 Å². The van der Waals surface area contributed by atoms with Gasteiger partial charge in [0.25, 0.3) is 0 Å². The summed E-state index contributed by atoms with van der Waals surface area (Å²) in [4.78, 5) is 23.2. The molecule has 5 heteroatoms. The van der Waals surface area contributed by atoms with Crippen molar-refractivity contribution in [2.45, 2.75) is 33.7 Å². The van der Waals surface area contributed by atoms with Gasteiger partial charge in [0.2, 0.25) is 5.91 Å². The lowest BCUT2D eigenvalue weighted by atomic mass is 10.2. The number of hydrogen-bond acceptors (Lipinski definition) is 3. The van der Waals surface area contributed by atoms with Gasteiger partial charge in [-0.3, -0.25) is 9.78 Å². The van der Waals surface area contributed by atoms with E-state index in [1.807, 2.05) is 44.0 Å². The summed E-state index contributed by atoms with van der Waals surface area (Å²) in [7, 11) is 0. The molecular formula is C20H24N4O. The van der Waals surface area contributed by atoms with Gasteiger partial charge in [-0.05, 0) is 51.1 Å². The van der Waals surface area contributed by atoms with Crippen molar-refractivity contribution >= 4 is 16.9 Å². The number of aromatic nitrogens is 3. The smallest absolute Gasteiger partial charge is 0.224 e. The zero-order valence-corrected chi connectivity index (χ0v) is 15.1. The number of nitrogens with zero attached hydrogens (tertiary/aromatic N) is 4. The minimum atomic E-state index is 0.177. The second kappa shape index (κ2) is 7.47. The van der Waals surface area contributed by atoms with E-state index >= 15 is 0 Å². The number of aryl methyl sites for hydroxylation is 2. The molecule has 3 aromatic rings. The van der Waals surface area contributed by atoms with E-state index in [4.69, 9.17) is 0 Å². The van der Waals surface area contributed by atoms with Crippen LogP contribution in [0, 0.1) is 6.92 Å². The number of carbonyl (C=O) groups excluding carboxylic acids is 1. The average Bonchev–Trinajstić information content (AvgIpc) is 3.00. The first-order chi connectivity index (χ1) is 12.1. The molecule has 1 amide bonds. The van der Waals surface area contributed by atoms with Crippen molar-refractivity contribution in [3.05, 3.63) is 48.4 Å². The zero-order valence-electron chi connectivity index (χ0n) is 15.1. The van der Waals surface area contributed by atoms with Gasteiger partial charge in [0, 0.05) is 55.1 Å². The third kappa shape index (κ3) is 3.55. The van der Waals surface area contributed by atoms with E-state index in [-0.39, 0.29) is 5.91 Å². The molecule has 0 bridgehead atoms. The molecule has 0 spiro atoms. The third-order valence-corrected chi connectivity index (χ3v) is 4.53. The molecule has 0 aromatic carbocycles. The minimum Gasteiger partial charge on any atom is -0.343 e. The molecule has 3 rings (SSSR count). The lowest BCUT2D eigenvalue weighted by molar-refractivity contribution is -0.131. The van der Waals surface area contributed by atoms with Crippen LogP contribution in [0.2, 0.25) is 0 Å². The van der Waals surface area contributed by atoms with E-state index in [2.05, 4.69) is 32.7 Å². The lowest BCUT2D eigenvalue weighted by Crippen LogP contribution is -2.31. The van der Waals surface area contributed by atoms with Crippen LogP contribution in [0.5, 0.6) is 0 Å². The highest BCUT2D eigenvalue weighted by Crippen LogP contribution is 2.27. The highest BCUT2D eigenvalue weighted by Gasteiger charge is 2.15. The first-order valence-electron chi connectivity index (χ1n) is 8.79. The van der Waals surface area contributed by atoms with Crippen LogP contribution in [0.15, 0.2) is 42.7 Å². The average molecular weight is 336 g/mol. The summed E-state index contributed by atoms with van der Waals surface area (Å²) in [6.45, 7) is 8.10. The van der Waals surface area contributed by atoms with Crippen molar-refractivity contribution in [2.75, 3.05) is 13.1 Å². The summed E-state index contributed by atoms with van der Waals surface area (Å²) in [6, 6.07) is 10.2. The monoisotopic (exact) mass is 336 g/mol. The topological polar surface area (TPSA) is 51.0 Å². The maximum Gasteiger partial charge on any atom is 0.224 e. The van der Waals surface area contributed by atoms with Crippen LogP contribution < -0.4 is 0 Å². The molecule has 0 saturated heterocycles. The van der Waals surface area contributed by atoms with E-state index in [1.54, 1.807) is 6.20 Å². The minimum absolute atomic E-state index is 0.177. The molecule has 0 unspecified atom stereocenters. The molecule has 3 aromatic heterocycles. The standard InChI is InChI=1S/C20H24N4O/c1-4-23(5-2)19(25)10-12-24-18(17-9-8-15(3)22-14-17)13-16-7-6-11-21-20(16)24/h6-9,11,13-14H,4-5,10,12H2,1-3H3. The summed E-state index contributed by atoms with van der Waals surface area (Å²) >= 11 is 0. The number of fused-ring (bicyclic) bond motifs is 1. The van der Waals surface area contributed by atoms with Crippen LogP contribution >= 0.6 is 0 Å². The van der Waals surface area contributed by atoms with Crippen molar-refractivity contribution in [3.8, 4) is 11.3 Å². The molecule has 0 aliphatic carbocycles. The Kier molecular flexibility index (Phi) is 5.12. The predicted octanol–water partition coefficient (Wildman–Crippen LogP) is 3.67. The Labute approximate surface area is 148 Å². The lowest BCUT2D eigenvalue weighted by Gasteiger charge is -2.19. The quantitative estimate of drug-likeness (QED) is 0.690. The summed E-state index contributed by atoms with van der Waals surface area (Å²) < 4.78 is 2.13. The number of hydrogen-bond donors (Lipinski definition) is 0. The van der Waals surface area contributed by atoms with Gasteiger partial charge >= 0.3 is 0 Å². The van der Waals surface area contributed by atoms with Gasteiger partial charge < -0.3 is 9.47 Å². The van der Waals surface area contributed by atoms with Gasteiger partial charge in [0.1, 0.15) is 5.65 Å². The molecule has 25 heavy (non-hydrogen) atoms. The molecule has 3 heterocycles. The summed E-state index contributed by atoms with van der Waals surface area (Å²) in [5.41, 5.74) is 3.99. The Morgan fingerprint density at radius 3 is 2.64 bits per heavy atom. The Morgan fingerprint density at radius 1 is 1.16 bits per heavy atom. The summed E-state index contributed by atoms with van der Waals surface area (Å²) in [5.74, 6) is 0.177. The molecule has 0 aliphatic heterocycles. The molecule has 0 saturated carbocycles. The van der Waals surface area contributed by atoms with Crippen LogP contribution in [0.4, 0.5) is 0 Å². The first-order valence-corrected chi connectivity index (χ1v) is 8.79. The fourth-order valence-electron chi connectivity index (χ4n) is 3.11. The van der Waals surface area contributed by atoms with Gasteiger partial charge in [0.05, 0.1) is 5.69 Å². The number of amides is 1. The van der Waals surface area contributed by atoms with Crippen LogP contribution in [-0.2, 0) is 11.3 Å². The van der Waals surface area contributed by atoms with Crippen molar-refractivity contribution < 1.29 is 4.79 Å². The maximum atomic E-state index is 12.4. The largest absolute Gasteiger partial charge is 0.343 e. The van der Waals surface area contributed by atoms with Crippen LogP contribution in [-0.4, -0.2) is 38.4 Å². The number of carbonyl (C=O) groups is 1. The fourth-order valence-corrected chi connectivity index (χ4v) is 3.11. The second-order valence-corrected chi connectivity index (χ2v) is 6.10. The van der Waals surface area contributed by atoms with Crippen molar-refractivity contribution in [1.82, 2.24) is 19.4 Å². The van der Waals surface area contributed by atoms with E-state index in [9.17, 15) is 4.79 Å². The summed E-state index contributed by atoms with van der Waals surface area (Å²) in [5, 5.41) is 1.08. The molecule has 130 valence electrons. The van der Waals surface area contributed by atoms with E-state index in [0.29, 0.717) is 13.0 Å². The van der Waals surface area contributed by atoms with Gasteiger partial charge in [-0.15, -0.1) is 0 Å². The van der Waals surface area contributed by atoms with Crippen molar-refractivity contribution in [2.24, 2.45) is 0 Å². The Balaban J connectivity index is 1.96. The van der Waals surface area contributed by atoms with Crippen LogP contribution in [0.1, 0.15) is 26.0 Å². The van der Waals surface area contributed by atoms with Crippen molar-refractivity contribution in [1.29, 1.82) is 0 Å². The summed E-state index contributed by atoms with van der Waals surface area (Å²) in [6.07, 6.45) is 4.14. The molecule has 0 aliphatic rings. The highest BCUT2D eigenvalue weighted by molar-refractivity contribution is 5.84. The second-order valence-electron chi connectivity index (χ2n) is 6.10. The predicted molar refractivity (Wildman–Crippen MR) is 100 cm³/mol. The number of pyridine rings is 2. The van der Waals surface area contributed by atoms with Gasteiger partial charge in [-0.1, -0.05) is 0 Å². The Hall–Kier alpha value is -2.69. The number of rotatable bonds is 6. The molecule has 0 radical (unpaired) electrons. The van der Waals surface area contributed by atoms with Gasteiger partial charge in [-0.2, -0.15) is 0 Å². The van der Waals surface area contributed by atoms with Gasteiger partial charge in [-0.25, -0.2) is 4.98 Å². The Bertz CT molecular complexity index is 863. The zero-order chi connectivity index (χ0) is 17.8. The van der Waals surface area contributed by atoms with Crippen molar-refractivity contribution in [3.63, 3.8) is 0 Å². The first kappa shape index (κ1) is 17.1. The normalized spacial score (nSPS) is 11.0.